The molecule has 1 saturated carbocycles. The highest BCUT2D eigenvalue weighted by Gasteiger charge is 2.35. The van der Waals surface area contributed by atoms with Gasteiger partial charge in [0.05, 0.1) is 0 Å². The van der Waals surface area contributed by atoms with E-state index in [2.05, 4.69) is 11.8 Å². The molecule has 2 aromatic rings. The summed E-state index contributed by atoms with van der Waals surface area (Å²) in [6.45, 7) is 6.17. The molecule has 1 fully saturated rings. The largest absolute Gasteiger partial charge is 0.444 e. The second-order valence-corrected chi connectivity index (χ2v) is 8.23. The van der Waals surface area contributed by atoms with Crippen LogP contribution in [0.3, 0.4) is 0 Å². The molecule has 150 valence electrons. The van der Waals surface area contributed by atoms with Crippen molar-refractivity contribution in [3.8, 4) is 11.8 Å². The SMILES string of the molecule is CC(C)(C)OC(=O)N(Cc1ccc(C#Cc2ccc(C(N)=O)cc2)cc1)C1CC1. The first-order chi connectivity index (χ1) is 13.7. The van der Waals surface area contributed by atoms with Gasteiger partial charge in [0.1, 0.15) is 5.60 Å². The number of rotatable bonds is 4. The predicted molar refractivity (Wildman–Crippen MR) is 112 cm³/mol. The summed E-state index contributed by atoms with van der Waals surface area (Å²) >= 11 is 0. The summed E-state index contributed by atoms with van der Waals surface area (Å²) in [5, 5.41) is 0. The van der Waals surface area contributed by atoms with E-state index in [0.717, 1.165) is 29.5 Å². The van der Waals surface area contributed by atoms with Crippen LogP contribution in [-0.2, 0) is 11.3 Å². The molecule has 0 saturated heterocycles. The summed E-state index contributed by atoms with van der Waals surface area (Å²) in [7, 11) is 0. The van der Waals surface area contributed by atoms with E-state index in [0.29, 0.717) is 12.1 Å². The lowest BCUT2D eigenvalue weighted by atomic mass is 10.1. The van der Waals surface area contributed by atoms with Crippen LogP contribution in [0.25, 0.3) is 0 Å². The number of carbonyl (C=O) groups is 2. The summed E-state index contributed by atoms with van der Waals surface area (Å²) in [4.78, 5) is 25.4. The topological polar surface area (TPSA) is 72.6 Å². The molecule has 2 amide bonds. The Kier molecular flexibility index (Phi) is 5.93. The Morgan fingerprint density at radius 3 is 1.97 bits per heavy atom. The number of hydrogen-bond acceptors (Lipinski definition) is 3. The van der Waals surface area contributed by atoms with E-state index in [4.69, 9.17) is 10.5 Å². The molecule has 0 aromatic heterocycles. The molecule has 29 heavy (non-hydrogen) atoms. The second-order valence-electron chi connectivity index (χ2n) is 8.23. The summed E-state index contributed by atoms with van der Waals surface area (Å²) in [6.07, 6.45) is 1.79. The van der Waals surface area contributed by atoms with E-state index in [9.17, 15) is 9.59 Å². The van der Waals surface area contributed by atoms with Crippen LogP contribution in [0.15, 0.2) is 48.5 Å². The monoisotopic (exact) mass is 390 g/mol. The van der Waals surface area contributed by atoms with Crippen molar-refractivity contribution in [3.63, 3.8) is 0 Å². The Labute approximate surface area is 171 Å². The van der Waals surface area contributed by atoms with E-state index >= 15 is 0 Å². The van der Waals surface area contributed by atoms with Gasteiger partial charge in [0.25, 0.3) is 0 Å². The van der Waals surface area contributed by atoms with Gasteiger partial charge in [-0.1, -0.05) is 24.0 Å². The van der Waals surface area contributed by atoms with Crippen LogP contribution < -0.4 is 5.73 Å². The van der Waals surface area contributed by atoms with Crippen molar-refractivity contribution in [3.05, 3.63) is 70.8 Å². The molecule has 1 aliphatic rings. The smallest absolute Gasteiger partial charge is 0.410 e. The first kappa shape index (κ1) is 20.5. The lowest BCUT2D eigenvalue weighted by Gasteiger charge is -2.27. The average molecular weight is 390 g/mol. The minimum Gasteiger partial charge on any atom is -0.444 e. The van der Waals surface area contributed by atoms with Crippen molar-refractivity contribution in [1.29, 1.82) is 0 Å². The number of hydrogen-bond donors (Lipinski definition) is 1. The summed E-state index contributed by atoms with van der Waals surface area (Å²) in [6, 6.07) is 15.0. The van der Waals surface area contributed by atoms with Gasteiger partial charge in [-0.2, -0.15) is 0 Å². The molecule has 0 heterocycles. The molecule has 5 heteroatoms. The third kappa shape index (κ3) is 6.11. The van der Waals surface area contributed by atoms with E-state index < -0.39 is 11.5 Å². The molecule has 2 aromatic carbocycles. The van der Waals surface area contributed by atoms with Crippen molar-refractivity contribution >= 4 is 12.0 Å². The minimum atomic E-state index is -0.501. The van der Waals surface area contributed by atoms with Crippen molar-refractivity contribution in [2.45, 2.75) is 51.8 Å². The number of ether oxygens (including phenoxy) is 1. The summed E-state index contributed by atoms with van der Waals surface area (Å²) in [5.74, 6) is 5.73. The molecule has 3 rings (SSSR count). The number of benzene rings is 2. The molecule has 0 radical (unpaired) electrons. The van der Waals surface area contributed by atoms with Crippen LogP contribution in [0.4, 0.5) is 4.79 Å². The van der Waals surface area contributed by atoms with Gasteiger partial charge in [-0.15, -0.1) is 0 Å². The van der Waals surface area contributed by atoms with Crippen molar-refractivity contribution in [1.82, 2.24) is 4.90 Å². The first-order valence-electron chi connectivity index (χ1n) is 9.72. The molecular weight excluding hydrogens is 364 g/mol. The number of nitrogens with two attached hydrogens (primary N) is 1. The molecule has 5 nitrogen and oxygen atoms in total. The van der Waals surface area contributed by atoms with Crippen molar-refractivity contribution in [2.75, 3.05) is 0 Å². The Balaban J connectivity index is 1.65. The zero-order chi connectivity index (χ0) is 21.0. The maximum atomic E-state index is 12.5. The third-order valence-corrected chi connectivity index (χ3v) is 4.44. The molecule has 0 atom stereocenters. The van der Waals surface area contributed by atoms with Gasteiger partial charge in [-0.05, 0) is 75.6 Å². The summed E-state index contributed by atoms with van der Waals surface area (Å²) < 4.78 is 5.54. The van der Waals surface area contributed by atoms with Crippen molar-refractivity contribution in [2.24, 2.45) is 5.73 Å². The van der Waals surface area contributed by atoms with Gasteiger partial charge in [0, 0.05) is 29.3 Å². The van der Waals surface area contributed by atoms with Crippen LogP contribution in [0.1, 0.15) is 60.7 Å². The normalized spacial score (nSPS) is 13.2. The van der Waals surface area contributed by atoms with Crippen LogP contribution in [-0.4, -0.2) is 28.5 Å². The fraction of sp³-hybridized carbons (Fsp3) is 0.333. The Bertz CT molecular complexity index is 941. The molecule has 1 aliphatic carbocycles. The standard InChI is InChI=1S/C24H26N2O3/c1-24(2,3)29-23(28)26(21-14-15-21)16-19-8-6-17(7-9-19)4-5-18-10-12-20(13-11-18)22(25)27/h6-13,21H,14-16H2,1-3H3,(H2,25,27). The number of nitrogens with zero attached hydrogens (tertiary/aromatic N) is 1. The van der Waals surface area contributed by atoms with Crippen LogP contribution in [0.2, 0.25) is 0 Å². The van der Waals surface area contributed by atoms with Crippen LogP contribution in [0, 0.1) is 11.8 Å². The van der Waals surface area contributed by atoms with Gasteiger partial charge in [0.15, 0.2) is 0 Å². The molecule has 0 unspecified atom stereocenters. The Morgan fingerprint density at radius 2 is 1.52 bits per heavy atom. The predicted octanol–water partition coefficient (Wildman–Crippen LogP) is 4.08. The van der Waals surface area contributed by atoms with E-state index in [1.54, 1.807) is 24.3 Å². The number of carbonyl (C=O) groups excluding carboxylic acids is 2. The zero-order valence-corrected chi connectivity index (χ0v) is 17.1. The minimum absolute atomic E-state index is 0.261. The molecule has 0 spiro atoms. The van der Waals surface area contributed by atoms with Crippen LogP contribution in [0.5, 0.6) is 0 Å². The maximum absolute atomic E-state index is 12.5. The lowest BCUT2D eigenvalue weighted by molar-refractivity contribution is 0.0216. The second kappa shape index (κ2) is 8.40. The van der Waals surface area contributed by atoms with Gasteiger partial charge in [0.2, 0.25) is 5.91 Å². The highest BCUT2D eigenvalue weighted by atomic mass is 16.6. The Morgan fingerprint density at radius 1 is 1.00 bits per heavy atom. The number of amides is 2. The average Bonchev–Trinajstić information content (AvgIpc) is 3.49. The molecule has 0 bridgehead atoms. The fourth-order valence-corrected chi connectivity index (χ4v) is 2.80. The third-order valence-electron chi connectivity index (χ3n) is 4.44. The number of primary amides is 1. The Hall–Kier alpha value is -3.26. The highest BCUT2D eigenvalue weighted by molar-refractivity contribution is 5.92. The molecule has 0 aliphatic heterocycles. The van der Waals surface area contributed by atoms with Crippen LogP contribution >= 0.6 is 0 Å². The van der Waals surface area contributed by atoms with E-state index in [-0.39, 0.29) is 12.1 Å². The van der Waals surface area contributed by atoms with Gasteiger partial charge < -0.3 is 15.4 Å². The summed E-state index contributed by atoms with van der Waals surface area (Å²) in [5.41, 5.74) is 7.93. The van der Waals surface area contributed by atoms with Gasteiger partial charge in [-0.3, -0.25) is 4.79 Å². The quantitative estimate of drug-likeness (QED) is 0.800. The van der Waals surface area contributed by atoms with E-state index in [1.165, 1.54) is 0 Å². The maximum Gasteiger partial charge on any atom is 0.410 e. The lowest BCUT2D eigenvalue weighted by Crippen LogP contribution is -2.37. The van der Waals surface area contributed by atoms with E-state index in [1.807, 2.05) is 49.9 Å². The molecule has 2 N–H and O–H groups in total. The molecular formula is C24H26N2O3. The fourth-order valence-electron chi connectivity index (χ4n) is 2.80. The first-order valence-corrected chi connectivity index (χ1v) is 9.72. The van der Waals surface area contributed by atoms with Gasteiger partial charge in [-0.25, -0.2) is 4.79 Å². The van der Waals surface area contributed by atoms with Gasteiger partial charge >= 0.3 is 6.09 Å². The van der Waals surface area contributed by atoms with Crippen molar-refractivity contribution < 1.29 is 14.3 Å². The highest BCUT2D eigenvalue weighted by Crippen LogP contribution is 2.30. The zero-order valence-electron chi connectivity index (χ0n) is 17.1.